The van der Waals surface area contributed by atoms with Crippen LogP contribution in [0.25, 0.3) is 0 Å². The predicted octanol–water partition coefficient (Wildman–Crippen LogP) is 8.12. The molecule has 0 radical (unpaired) electrons. The zero-order valence-electron chi connectivity index (χ0n) is 39.2. The minimum atomic E-state index is -0.158. The van der Waals surface area contributed by atoms with Crippen LogP contribution in [0.4, 0.5) is 0 Å². The van der Waals surface area contributed by atoms with Crippen molar-refractivity contribution in [3.8, 4) is 0 Å². The summed E-state index contributed by atoms with van der Waals surface area (Å²) in [5.74, 6) is -0.567. The van der Waals surface area contributed by atoms with E-state index in [1.165, 1.54) is 47.7 Å². The summed E-state index contributed by atoms with van der Waals surface area (Å²) in [6.45, 7) is 14.7. The highest BCUT2D eigenvalue weighted by molar-refractivity contribution is 5.76. The van der Waals surface area contributed by atoms with Gasteiger partial charge in [0.2, 0.25) is 0 Å². The van der Waals surface area contributed by atoms with Gasteiger partial charge in [0.1, 0.15) is 24.2 Å². The fourth-order valence-corrected chi connectivity index (χ4v) is 5.76. The largest absolute Gasteiger partial charge is 0.468 e. The molecular formula is C46H88N4O8. The van der Waals surface area contributed by atoms with Gasteiger partial charge in [-0.1, -0.05) is 62.8 Å². The summed E-state index contributed by atoms with van der Waals surface area (Å²) >= 11 is 0. The molecule has 0 spiro atoms. The van der Waals surface area contributed by atoms with E-state index in [1.54, 1.807) is 0 Å². The molecule has 12 nitrogen and oxygen atoms in total. The van der Waals surface area contributed by atoms with Crippen LogP contribution in [0.15, 0.2) is 50.6 Å². The Balaban J connectivity index is -0.000000336. The SMILES string of the molecule is C=CCCCCCC[C@H](C(=O)OC)N(C)C.C=CCCCCC[C@H](C(=O)OC)N(C)C.C=CCCCC[C@H](C(=O)OC)N(C)C.C=CCCC[C@H](C(=O)OC)N(C)C. The molecule has 0 aromatic rings. The predicted molar refractivity (Wildman–Crippen MR) is 242 cm³/mol. The number of carbonyl (C=O) groups is 4. The number of ether oxygens (including phenoxy) is 4. The van der Waals surface area contributed by atoms with E-state index in [4.69, 9.17) is 18.9 Å². The van der Waals surface area contributed by atoms with Crippen molar-refractivity contribution >= 4 is 23.9 Å². The normalized spacial score (nSPS) is 12.6. The van der Waals surface area contributed by atoms with Crippen molar-refractivity contribution < 1.29 is 38.1 Å². The van der Waals surface area contributed by atoms with Crippen molar-refractivity contribution in [1.29, 1.82) is 0 Å². The van der Waals surface area contributed by atoms with Gasteiger partial charge in [0, 0.05) is 0 Å². The molecule has 0 bridgehead atoms. The molecule has 340 valence electrons. The van der Waals surface area contributed by atoms with Crippen LogP contribution in [0.1, 0.15) is 116 Å². The number of likely N-dealkylation sites (N-methyl/N-ethyl adjacent to an activating group) is 4. The first-order valence-electron chi connectivity index (χ1n) is 20.9. The maximum Gasteiger partial charge on any atom is 0.323 e. The van der Waals surface area contributed by atoms with Gasteiger partial charge in [0.15, 0.2) is 0 Å². The first-order chi connectivity index (χ1) is 27.5. The lowest BCUT2D eigenvalue weighted by Crippen LogP contribution is -2.36. The summed E-state index contributed by atoms with van der Waals surface area (Å²) in [4.78, 5) is 53.1. The number of allylic oxidation sites excluding steroid dienone is 4. The summed E-state index contributed by atoms with van der Waals surface area (Å²) in [5.41, 5.74) is 0. The second-order valence-corrected chi connectivity index (χ2v) is 15.0. The molecule has 0 unspecified atom stereocenters. The standard InChI is InChI=1S/C13H25NO2.C12H23NO2.C11H21NO2.C10H19NO2/c1-5-6-7-8-9-10-11-12(14(2)3)13(15)16-4;1-5-6-7-8-9-10-11(13(2)3)12(14)15-4;1-5-6-7-8-9-10(12(2)3)11(13)14-4;1-5-6-7-8-9(11(2)3)10(12)13-4/h5,12H,1,6-11H2,2-4H3;5,11H,1,6-10H2,2-4H3;5,10H,1,6-9H2,2-4H3;5,9H,1,6-8H2,2-4H3/t12-;11-;10-;9-/m1111/s1. The van der Waals surface area contributed by atoms with E-state index in [0.717, 1.165) is 96.3 Å². The molecule has 0 amide bonds. The molecule has 0 N–H and O–H groups in total. The number of unbranched alkanes of at least 4 members (excludes halogenated alkanes) is 10. The van der Waals surface area contributed by atoms with E-state index in [-0.39, 0.29) is 48.0 Å². The minimum absolute atomic E-state index is 0.0931. The Bertz CT molecular complexity index is 1060. The molecule has 0 aromatic carbocycles. The molecular weight excluding hydrogens is 737 g/mol. The fraction of sp³-hybridized carbons (Fsp3) is 0.739. The van der Waals surface area contributed by atoms with Crippen LogP contribution in [-0.4, -0.2) is 152 Å². The second-order valence-electron chi connectivity index (χ2n) is 15.0. The maximum absolute atomic E-state index is 11.4. The van der Waals surface area contributed by atoms with Crippen molar-refractivity contribution in [3.05, 3.63) is 50.6 Å². The van der Waals surface area contributed by atoms with Gasteiger partial charge in [-0.25, -0.2) is 0 Å². The van der Waals surface area contributed by atoms with Gasteiger partial charge < -0.3 is 18.9 Å². The van der Waals surface area contributed by atoms with Crippen molar-refractivity contribution in [3.63, 3.8) is 0 Å². The third-order valence-corrected chi connectivity index (χ3v) is 9.43. The molecule has 0 fully saturated rings. The van der Waals surface area contributed by atoms with Crippen LogP contribution >= 0.6 is 0 Å². The Morgan fingerprint density at radius 1 is 0.362 bits per heavy atom. The summed E-state index contributed by atoms with van der Waals surface area (Å²) < 4.78 is 19.0. The zero-order chi connectivity index (χ0) is 45.3. The average molecular weight is 825 g/mol. The fourth-order valence-electron chi connectivity index (χ4n) is 5.76. The number of nitrogens with zero attached hydrogens (tertiary/aromatic N) is 4. The highest BCUT2D eigenvalue weighted by Crippen LogP contribution is 2.13. The van der Waals surface area contributed by atoms with E-state index in [9.17, 15) is 19.2 Å². The minimum Gasteiger partial charge on any atom is -0.468 e. The van der Waals surface area contributed by atoms with E-state index in [0.29, 0.717) is 0 Å². The molecule has 0 heterocycles. The molecule has 0 saturated carbocycles. The van der Waals surface area contributed by atoms with Gasteiger partial charge in [-0.3, -0.25) is 38.8 Å². The van der Waals surface area contributed by atoms with Gasteiger partial charge in [-0.05, 0) is 133 Å². The van der Waals surface area contributed by atoms with E-state index in [2.05, 4.69) is 26.3 Å². The monoisotopic (exact) mass is 825 g/mol. The van der Waals surface area contributed by atoms with Gasteiger partial charge in [-0.2, -0.15) is 0 Å². The molecule has 0 aliphatic rings. The molecule has 4 atom stereocenters. The van der Waals surface area contributed by atoms with Crippen LogP contribution in [0.5, 0.6) is 0 Å². The van der Waals surface area contributed by atoms with E-state index >= 15 is 0 Å². The lowest BCUT2D eigenvalue weighted by Gasteiger charge is -2.21. The van der Waals surface area contributed by atoms with Gasteiger partial charge in [0.05, 0.1) is 28.4 Å². The molecule has 58 heavy (non-hydrogen) atoms. The van der Waals surface area contributed by atoms with Crippen molar-refractivity contribution in [2.75, 3.05) is 84.8 Å². The van der Waals surface area contributed by atoms with Crippen molar-refractivity contribution in [1.82, 2.24) is 19.6 Å². The van der Waals surface area contributed by atoms with E-state index in [1.807, 2.05) is 100 Å². The summed E-state index contributed by atoms with van der Waals surface area (Å²) in [5, 5.41) is 0. The van der Waals surface area contributed by atoms with Crippen molar-refractivity contribution in [2.24, 2.45) is 0 Å². The van der Waals surface area contributed by atoms with Gasteiger partial charge in [-0.15, -0.1) is 26.3 Å². The van der Waals surface area contributed by atoms with Crippen LogP contribution in [0, 0.1) is 0 Å². The smallest absolute Gasteiger partial charge is 0.323 e. The highest BCUT2D eigenvalue weighted by Gasteiger charge is 2.23. The molecule has 12 heteroatoms. The third kappa shape index (κ3) is 35.8. The van der Waals surface area contributed by atoms with Crippen LogP contribution in [-0.2, 0) is 38.1 Å². The second kappa shape index (κ2) is 43.3. The number of carbonyl (C=O) groups excluding carboxylic acids is 4. The summed E-state index contributed by atoms with van der Waals surface area (Å²) in [6.07, 6.45) is 26.3. The van der Waals surface area contributed by atoms with Crippen LogP contribution < -0.4 is 0 Å². The molecule has 0 aromatic heterocycles. The van der Waals surface area contributed by atoms with Crippen LogP contribution in [0.2, 0.25) is 0 Å². The maximum atomic E-state index is 11.4. The van der Waals surface area contributed by atoms with Gasteiger partial charge >= 0.3 is 23.9 Å². The van der Waals surface area contributed by atoms with E-state index < -0.39 is 0 Å². The summed E-state index contributed by atoms with van der Waals surface area (Å²) in [7, 11) is 21.0. The van der Waals surface area contributed by atoms with Gasteiger partial charge in [0.25, 0.3) is 0 Å². The first-order valence-corrected chi connectivity index (χ1v) is 20.9. The Kier molecular flexibility index (Phi) is 45.8. The Labute approximate surface area is 356 Å². The highest BCUT2D eigenvalue weighted by atomic mass is 16.5. The van der Waals surface area contributed by atoms with Crippen molar-refractivity contribution in [2.45, 2.75) is 140 Å². The number of hydrogen-bond acceptors (Lipinski definition) is 12. The lowest BCUT2D eigenvalue weighted by atomic mass is 10.1. The number of hydrogen-bond donors (Lipinski definition) is 0. The third-order valence-electron chi connectivity index (χ3n) is 9.43. The number of rotatable bonds is 30. The quantitative estimate of drug-likeness (QED) is 0.0301. The Hall–Kier alpha value is -3.32. The average Bonchev–Trinajstić information content (AvgIpc) is 3.19. The first kappa shape index (κ1) is 61.3. The topological polar surface area (TPSA) is 118 Å². The lowest BCUT2D eigenvalue weighted by molar-refractivity contribution is -0.147. The molecule has 0 aliphatic heterocycles. The Morgan fingerprint density at radius 3 is 0.793 bits per heavy atom. The number of esters is 4. The zero-order valence-corrected chi connectivity index (χ0v) is 39.2. The van der Waals surface area contributed by atoms with Crippen LogP contribution in [0.3, 0.4) is 0 Å². The summed E-state index contributed by atoms with van der Waals surface area (Å²) in [6, 6.07) is -0.419. The molecule has 0 saturated heterocycles. The molecule has 0 rings (SSSR count). The Morgan fingerprint density at radius 2 is 0.552 bits per heavy atom. The number of methoxy groups -OCH3 is 4. The molecule has 0 aliphatic carbocycles.